The summed E-state index contributed by atoms with van der Waals surface area (Å²) in [6.07, 6.45) is -0.941. The maximum absolute atomic E-state index is 13.6. The van der Waals surface area contributed by atoms with Gasteiger partial charge >= 0.3 is 0 Å². The van der Waals surface area contributed by atoms with Crippen molar-refractivity contribution in [3.05, 3.63) is 84.4 Å². The number of amides is 2. The number of ether oxygens (including phenoxy) is 2. The Balaban J connectivity index is 1.65. The van der Waals surface area contributed by atoms with E-state index in [4.69, 9.17) is 14.3 Å². The number of carbonyl (C=O) groups excluding carboxylic acids is 2. The second kappa shape index (κ2) is 8.01. The van der Waals surface area contributed by atoms with Crippen molar-refractivity contribution in [2.45, 2.75) is 12.1 Å². The van der Waals surface area contributed by atoms with Crippen LogP contribution in [0.25, 0.3) is 0 Å². The zero-order valence-corrected chi connectivity index (χ0v) is 17.7. The number of methoxy groups -OCH3 is 2. The Hall–Kier alpha value is -3.84. The van der Waals surface area contributed by atoms with Gasteiger partial charge in [-0.2, -0.15) is 0 Å². The van der Waals surface area contributed by atoms with Gasteiger partial charge in [0.05, 0.1) is 25.6 Å². The van der Waals surface area contributed by atoms with E-state index in [-0.39, 0.29) is 11.8 Å². The van der Waals surface area contributed by atoms with Gasteiger partial charge < -0.3 is 9.47 Å². The summed E-state index contributed by atoms with van der Waals surface area (Å²) in [5.74, 6) is -0.387. The van der Waals surface area contributed by atoms with Gasteiger partial charge in [0.1, 0.15) is 12.0 Å². The van der Waals surface area contributed by atoms with Crippen molar-refractivity contribution in [2.75, 3.05) is 24.2 Å². The fourth-order valence-corrected chi connectivity index (χ4v) is 4.51. The van der Waals surface area contributed by atoms with Gasteiger partial charge in [-0.1, -0.05) is 48.5 Å². The lowest BCUT2D eigenvalue weighted by molar-refractivity contribution is -0.126. The van der Waals surface area contributed by atoms with Crippen LogP contribution >= 0.6 is 0 Å². The molecule has 0 unspecified atom stereocenters. The van der Waals surface area contributed by atoms with Gasteiger partial charge in [-0.15, -0.1) is 0 Å². The van der Waals surface area contributed by atoms with Crippen LogP contribution in [0, 0.1) is 5.92 Å². The van der Waals surface area contributed by atoms with Gasteiger partial charge in [0.2, 0.25) is 5.91 Å². The molecule has 2 aliphatic rings. The second-order valence-corrected chi connectivity index (χ2v) is 7.59. The minimum absolute atomic E-state index is 0.306. The molecular formula is C25H22N2O5. The number of anilines is 2. The molecule has 32 heavy (non-hydrogen) atoms. The summed E-state index contributed by atoms with van der Waals surface area (Å²) < 4.78 is 11.1. The number of fused-ring (bicyclic) bond motifs is 1. The first-order valence-electron chi connectivity index (χ1n) is 10.3. The number of para-hydroxylation sites is 3. The molecule has 7 heteroatoms. The van der Waals surface area contributed by atoms with Gasteiger partial charge in [0.15, 0.2) is 17.6 Å². The molecule has 0 saturated carbocycles. The fourth-order valence-electron chi connectivity index (χ4n) is 4.51. The highest BCUT2D eigenvalue weighted by atomic mass is 16.7. The molecule has 3 atom stereocenters. The zero-order chi connectivity index (χ0) is 22.2. The Kier molecular flexibility index (Phi) is 5.03. The van der Waals surface area contributed by atoms with E-state index in [0.29, 0.717) is 22.7 Å². The van der Waals surface area contributed by atoms with Crippen LogP contribution < -0.4 is 19.4 Å². The van der Waals surface area contributed by atoms with Crippen LogP contribution in [0.3, 0.4) is 0 Å². The number of hydrogen-bond donors (Lipinski definition) is 0. The highest BCUT2D eigenvalue weighted by molar-refractivity contribution is 6.23. The highest BCUT2D eigenvalue weighted by Gasteiger charge is 2.60. The van der Waals surface area contributed by atoms with E-state index in [9.17, 15) is 9.59 Å². The Labute approximate surface area is 185 Å². The molecule has 0 N–H and O–H groups in total. The largest absolute Gasteiger partial charge is 0.493 e. The number of carbonyl (C=O) groups is 2. The normalized spacial score (nSPS) is 22.2. The van der Waals surface area contributed by atoms with Gasteiger partial charge in [-0.3, -0.25) is 14.4 Å². The number of rotatable bonds is 5. The Morgan fingerprint density at radius 2 is 1.41 bits per heavy atom. The van der Waals surface area contributed by atoms with E-state index in [1.807, 2.05) is 48.5 Å². The van der Waals surface area contributed by atoms with Gasteiger partial charge in [0, 0.05) is 5.56 Å². The van der Waals surface area contributed by atoms with E-state index < -0.39 is 18.1 Å². The van der Waals surface area contributed by atoms with Crippen LogP contribution in [-0.4, -0.2) is 32.1 Å². The number of benzene rings is 3. The molecule has 7 nitrogen and oxygen atoms in total. The molecule has 2 saturated heterocycles. The third-order valence-corrected chi connectivity index (χ3v) is 5.89. The highest BCUT2D eigenvalue weighted by Crippen LogP contribution is 2.50. The summed E-state index contributed by atoms with van der Waals surface area (Å²) in [5, 5.41) is 1.64. The van der Waals surface area contributed by atoms with Crippen LogP contribution in [0.15, 0.2) is 78.9 Å². The van der Waals surface area contributed by atoms with Crippen molar-refractivity contribution in [3.63, 3.8) is 0 Å². The molecule has 2 aliphatic heterocycles. The van der Waals surface area contributed by atoms with Crippen molar-refractivity contribution in [1.29, 1.82) is 0 Å². The third kappa shape index (κ3) is 3.01. The summed E-state index contributed by atoms with van der Waals surface area (Å²) in [5.41, 5.74) is 1.98. The number of imide groups is 1. The van der Waals surface area contributed by atoms with E-state index in [2.05, 4.69) is 0 Å². The van der Waals surface area contributed by atoms with E-state index >= 15 is 0 Å². The number of nitrogens with zero attached hydrogens (tertiary/aromatic N) is 2. The van der Waals surface area contributed by atoms with E-state index in [1.165, 1.54) is 4.90 Å². The first kappa shape index (κ1) is 20.1. The van der Waals surface area contributed by atoms with E-state index in [1.54, 1.807) is 49.6 Å². The molecular weight excluding hydrogens is 408 g/mol. The predicted molar refractivity (Wildman–Crippen MR) is 119 cm³/mol. The maximum Gasteiger partial charge on any atom is 0.266 e. The average molecular weight is 430 g/mol. The first-order chi connectivity index (χ1) is 15.7. The molecule has 2 heterocycles. The average Bonchev–Trinajstić information content (AvgIpc) is 3.35. The summed E-state index contributed by atoms with van der Waals surface area (Å²) in [6, 6.07) is 23.3. The zero-order valence-electron chi connectivity index (χ0n) is 17.7. The SMILES string of the molecule is COc1cccc([C@@H]2[C@@H]3C(=O)N(c4ccccc4)C(=O)[C@H]3ON2c2ccccc2)c1OC. The maximum atomic E-state index is 13.6. The first-order valence-corrected chi connectivity index (χ1v) is 10.3. The second-order valence-electron chi connectivity index (χ2n) is 7.59. The number of hydrogen-bond acceptors (Lipinski definition) is 6. The molecule has 3 aromatic carbocycles. The molecule has 0 aliphatic carbocycles. The van der Waals surface area contributed by atoms with Gasteiger partial charge in [0.25, 0.3) is 5.91 Å². The molecule has 0 spiro atoms. The predicted octanol–water partition coefficient (Wildman–Crippen LogP) is 3.75. The molecule has 0 radical (unpaired) electrons. The third-order valence-electron chi connectivity index (χ3n) is 5.89. The molecule has 2 fully saturated rings. The molecule has 3 aromatic rings. The lowest BCUT2D eigenvalue weighted by Crippen LogP contribution is -2.37. The fraction of sp³-hybridized carbons (Fsp3) is 0.200. The molecule has 0 aromatic heterocycles. The Morgan fingerprint density at radius 3 is 2.03 bits per heavy atom. The number of hydroxylamine groups is 1. The smallest absolute Gasteiger partial charge is 0.266 e. The van der Waals surface area contributed by atoms with Crippen LogP contribution in [0.4, 0.5) is 11.4 Å². The topological polar surface area (TPSA) is 68.3 Å². The lowest BCUT2D eigenvalue weighted by Gasteiger charge is -2.30. The van der Waals surface area contributed by atoms with Gasteiger partial charge in [-0.25, -0.2) is 9.96 Å². The van der Waals surface area contributed by atoms with Gasteiger partial charge in [-0.05, 0) is 30.3 Å². The summed E-state index contributed by atoms with van der Waals surface area (Å²) >= 11 is 0. The minimum atomic E-state index is -0.941. The quantitative estimate of drug-likeness (QED) is 0.575. The van der Waals surface area contributed by atoms with Crippen LogP contribution in [0.5, 0.6) is 11.5 Å². The van der Waals surface area contributed by atoms with Crippen molar-refractivity contribution in [2.24, 2.45) is 5.92 Å². The van der Waals surface area contributed by atoms with Crippen molar-refractivity contribution in [3.8, 4) is 11.5 Å². The van der Waals surface area contributed by atoms with Crippen LogP contribution in [0.1, 0.15) is 11.6 Å². The van der Waals surface area contributed by atoms with Crippen LogP contribution in [-0.2, 0) is 14.4 Å². The van der Waals surface area contributed by atoms with Crippen LogP contribution in [0.2, 0.25) is 0 Å². The van der Waals surface area contributed by atoms with E-state index in [0.717, 1.165) is 5.69 Å². The Bertz CT molecular complexity index is 1150. The molecule has 5 rings (SSSR count). The lowest BCUT2D eigenvalue weighted by atomic mass is 9.89. The van der Waals surface area contributed by atoms with Crippen molar-refractivity contribution >= 4 is 23.2 Å². The summed E-state index contributed by atoms with van der Waals surface area (Å²) in [6.45, 7) is 0. The standard InChI is InChI=1S/C25H22N2O5/c1-30-19-15-9-14-18(22(19)31-2)21-20-23(32-27(21)17-12-7-4-8-13-17)25(29)26(24(20)28)16-10-5-3-6-11-16/h3-15,20-21,23H,1-2H3/t20-,21+,23-/m0/s1. The minimum Gasteiger partial charge on any atom is -0.493 e. The van der Waals surface area contributed by atoms with Crippen molar-refractivity contribution in [1.82, 2.24) is 0 Å². The molecule has 2 amide bonds. The van der Waals surface area contributed by atoms with Crippen molar-refractivity contribution < 1.29 is 23.9 Å². The molecule has 162 valence electrons. The Morgan fingerprint density at radius 1 is 0.750 bits per heavy atom. The molecule has 0 bridgehead atoms. The summed E-state index contributed by atoms with van der Waals surface area (Å²) in [4.78, 5) is 34.4. The summed E-state index contributed by atoms with van der Waals surface area (Å²) in [7, 11) is 3.12. The monoisotopic (exact) mass is 430 g/mol.